The van der Waals surface area contributed by atoms with Gasteiger partial charge in [0.1, 0.15) is 0 Å². The van der Waals surface area contributed by atoms with E-state index in [1.165, 1.54) is 18.4 Å². The first-order valence-corrected chi connectivity index (χ1v) is 8.31. The molecule has 1 aliphatic rings. The standard InChI is InChI=1S/C16H25NOS/c1-12-7-5-8-13(11-12)19(18)14-9-6-10-16(2,3)15(14)17-4/h5,7-8,11,14-15,17H,6,9-10H2,1-4H3. The number of rotatable bonds is 3. The molecule has 0 amide bonds. The minimum atomic E-state index is -0.919. The third-order valence-electron chi connectivity index (χ3n) is 4.33. The lowest BCUT2D eigenvalue weighted by molar-refractivity contribution is 0.180. The minimum absolute atomic E-state index is 0.218. The highest BCUT2D eigenvalue weighted by Crippen LogP contribution is 2.38. The Hall–Kier alpha value is -0.670. The second-order valence-corrected chi connectivity index (χ2v) is 7.97. The summed E-state index contributed by atoms with van der Waals surface area (Å²) >= 11 is 0. The zero-order valence-electron chi connectivity index (χ0n) is 12.4. The third kappa shape index (κ3) is 3.09. The first-order valence-electron chi connectivity index (χ1n) is 7.10. The van der Waals surface area contributed by atoms with Crippen LogP contribution in [0, 0.1) is 12.3 Å². The fourth-order valence-electron chi connectivity index (χ4n) is 3.31. The van der Waals surface area contributed by atoms with E-state index in [4.69, 9.17) is 0 Å². The Morgan fingerprint density at radius 3 is 2.74 bits per heavy atom. The summed E-state index contributed by atoms with van der Waals surface area (Å²) in [7, 11) is 1.08. The predicted octanol–water partition coefficient (Wildman–Crippen LogP) is 3.27. The first-order chi connectivity index (χ1) is 8.95. The normalized spacial score (nSPS) is 28.0. The second kappa shape index (κ2) is 5.76. The molecule has 0 spiro atoms. The topological polar surface area (TPSA) is 29.1 Å². The van der Waals surface area contributed by atoms with Gasteiger partial charge in [0.05, 0.1) is 16.0 Å². The molecule has 3 atom stereocenters. The lowest BCUT2D eigenvalue weighted by Gasteiger charge is -2.43. The van der Waals surface area contributed by atoms with Gasteiger partial charge < -0.3 is 5.32 Å². The molecule has 1 aromatic carbocycles. The van der Waals surface area contributed by atoms with Crippen LogP contribution in [0.2, 0.25) is 0 Å². The van der Waals surface area contributed by atoms with E-state index in [1.807, 2.05) is 19.2 Å². The van der Waals surface area contributed by atoms with E-state index in [-0.39, 0.29) is 10.7 Å². The van der Waals surface area contributed by atoms with Gasteiger partial charge >= 0.3 is 0 Å². The molecular formula is C16H25NOS. The van der Waals surface area contributed by atoms with Crippen LogP contribution < -0.4 is 5.32 Å². The van der Waals surface area contributed by atoms with Crippen LogP contribution in [-0.2, 0) is 10.8 Å². The van der Waals surface area contributed by atoms with Crippen molar-refractivity contribution in [2.45, 2.75) is 56.2 Å². The van der Waals surface area contributed by atoms with Gasteiger partial charge in [-0.25, -0.2) is 0 Å². The maximum Gasteiger partial charge on any atom is 0.0576 e. The summed E-state index contributed by atoms with van der Waals surface area (Å²) in [5.41, 5.74) is 1.40. The molecule has 1 aromatic rings. The molecular weight excluding hydrogens is 254 g/mol. The predicted molar refractivity (Wildman–Crippen MR) is 81.9 cm³/mol. The molecule has 0 aromatic heterocycles. The lowest BCUT2D eigenvalue weighted by Crippen LogP contribution is -2.52. The minimum Gasteiger partial charge on any atom is -0.315 e. The van der Waals surface area contributed by atoms with Gasteiger partial charge in [0, 0.05) is 10.9 Å². The average molecular weight is 279 g/mol. The lowest BCUT2D eigenvalue weighted by atomic mass is 9.73. The van der Waals surface area contributed by atoms with Gasteiger partial charge in [0.15, 0.2) is 0 Å². The summed E-state index contributed by atoms with van der Waals surface area (Å²) in [6, 6.07) is 8.44. The summed E-state index contributed by atoms with van der Waals surface area (Å²) < 4.78 is 12.9. The summed E-state index contributed by atoms with van der Waals surface area (Å²) in [4.78, 5) is 0.975. The van der Waals surface area contributed by atoms with E-state index in [0.29, 0.717) is 6.04 Å². The van der Waals surface area contributed by atoms with Crippen molar-refractivity contribution >= 4 is 10.8 Å². The molecule has 1 fully saturated rings. The Morgan fingerprint density at radius 2 is 2.11 bits per heavy atom. The summed E-state index contributed by atoms with van der Waals surface area (Å²) in [6.07, 6.45) is 3.43. The Bertz CT molecular complexity index is 470. The maximum absolute atomic E-state index is 12.9. The van der Waals surface area contributed by atoms with Crippen molar-refractivity contribution in [3.8, 4) is 0 Å². The largest absolute Gasteiger partial charge is 0.315 e. The second-order valence-electron chi connectivity index (χ2n) is 6.30. The van der Waals surface area contributed by atoms with Crippen LogP contribution in [0.3, 0.4) is 0 Å². The summed E-state index contributed by atoms with van der Waals surface area (Å²) in [5.74, 6) is 0. The van der Waals surface area contributed by atoms with Crippen LogP contribution in [0.1, 0.15) is 38.7 Å². The molecule has 2 nitrogen and oxygen atoms in total. The zero-order valence-corrected chi connectivity index (χ0v) is 13.2. The van der Waals surface area contributed by atoms with Crippen molar-refractivity contribution in [2.24, 2.45) is 5.41 Å². The van der Waals surface area contributed by atoms with Crippen LogP contribution in [0.4, 0.5) is 0 Å². The zero-order chi connectivity index (χ0) is 14.0. The highest BCUT2D eigenvalue weighted by molar-refractivity contribution is 7.85. The highest BCUT2D eigenvalue weighted by Gasteiger charge is 2.41. The molecule has 106 valence electrons. The van der Waals surface area contributed by atoms with Crippen LogP contribution in [0.25, 0.3) is 0 Å². The Labute approximate surface area is 119 Å². The average Bonchev–Trinajstić information content (AvgIpc) is 2.36. The Kier molecular flexibility index (Phi) is 4.46. The van der Waals surface area contributed by atoms with Gasteiger partial charge in [-0.3, -0.25) is 4.21 Å². The van der Waals surface area contributed by atoms with Crippen molar-refractivity contribution in [1.82, 2.24) is 5.32 Å². The molecule has 19 heavy (non-hydrogen) atoms. The molecule has 0 radical (unpaired) electrons. The number of nitrogens with one attached hydrogen (secondary N) is 1. The molecule has 3 unspecified atom stereocenters. The SMILES string of the molecule is CNC1C(S(=O)c2cccc(C)c2)CCCC1(C)C. The van der Waals surface area contributed by atoms with Gasteiger partial charge in [-0.15, -0.1) is 0 Å². The van der Waals surface area contributed by atoms with E-state index in [1.54, 1.807) is 0 Å². The number of aryl methyl sites for hydroxylation is 1. The number of hydrogen-bond acceptors (Lipinski definition) is 2. The van der Waals surface area contributed by atoms with Crippen LogP contribution in [0.15, 0.2) is 29.2 Å². The van der Waals surface area contributed by atoms with Gasteiger partial charge in [-0.2, -0.15) is 0 Å². The van der Waals surface area contributed by atoms with E-state index < -0.39 is 10.8 Å². The van der Waals surface area contributed by atoms with Crippen LogP contribution in [0.5, 0.6) is 0 Å². The van der Waals surface area contributed by atoms with Gasteiger partial charge in [-0.05, 0) is 49.9 Å². The van der Waals surface area contributed by atoms with Crippen molar-refractivity contribution in [1.29, 1.82) is 0 Å². The molecule has 0 heterocycles. The third-order valence-corrected chi connectivity index (χ3v) is 6.11. The Morgan fingerprint density at radius 1 is 1.37 bits per heavy atom. The molecule has 2 rings (SSSR count). The van der Waals surface area contributed by atoms with E-state index in [9.17, 15) is 4.21 Å². The number of hydrogen-bond donors (Lipinski definition) is 1. The first kappa shape index (κ1) is 14.7. The Balaban J connectivity index is 2.27. The van der Waals surface area contributed by atoms with Crippen molar-refractivity contribution < 1.29 is 4.21 Å². The molecule has 0 saturated heterocycles. The highest BCUT2D eigenvalue weighted by atomic mass is 32.2. The van der Waals surface area contributed by atoms with Gasteiger partial charge in [-0.1, -0.05) is 32.4 Å². The van der Waals surface area contributed by atoms with Crippen LogP contribution >= 0.6 is 0 Å². The summed E-state index contributed by atoms with van der Waals surface area (Å²) in [6.45, 7) is 6.63. The van der Waals surface area contributed by atoms with E-state index in [2.05, 4.69) is 38.2 Å². The smallest absolute Gasteiger partial charge is 0.0576 e. The monoisotopic (exact) mass is 279 g/mol. The molecule has 3 heteroatoms. The van der Waals surface area contributed by atoms with E-state index in [0.717, 1.165) is 11.3 Å². The summed E-state index contributed by atoms with van der Waals surface area (Å²) in [5, 5.41) is 3.63. The molecule has 0 aliphatic heterocycles. The molecule has 1 aliphatic carbocycles. The molecule has 1 N–H and O–H groups in total. The van der Waals surface area contributed by atoms with Crippen LogP contribution in [-0.4, -0.2) is 22.5 Å². The van der Waals surface area contributed by atoms with E-state index >= 15 is 0 Å². The van der Waals surface area contributed by atoms with Crippen molar-refractivity contribution in [3.05, 3.63) is 29.8 Å². The van der Waals surface area contributed by atoms with Crippen molar-refractivity contribution in [3.63, 3.8) is 0 Å². The maximum atomic E-state index is 12.9. The fraction of sp³-hybridized carbons (Fsp3) is 0.625. The quantitative estimate of drug-likeness (QED) is 0.920. The number of benzene rings is 1. The fourth-order valence-corrected chi connectivity index (χ4v) is 5.30. The van der Waals surface area contributed by atoms with Crippen molar-refractivity contribution in [2.75, 3.05) is 7.05 Å². The molecule has 0 bridgehead atoms. The van der Waals surface area contributed by atoms with Gasteiger partial charge in [0.25, 0.3) is 0 Å². The molecule has 1 saturated carbocycles. The van der Waals surface area contributed by atoms with Gasteiger partial charge in [0.2, 0.25) is 0 Å².